The Morgan fingerprint density at radius 3 is 2.12 bits per heavy atom. The zero-order chi connectivity index (χ0) is 23.5. The summed E-state index contributed by atoms with van der Waals surface area (Å²) in [5.74, 6) is 0.724. The van der Waals surface area contributed by atoms with Crippen molar-refractivity contribution >= 4 is 11.3 Å². The number of nitrogens with zero attached hydrogens (tertiary/aromatic N) is 8. The van der Waals surface area contributed by atoms with Crippen LogP contribution in [0.3, 0.4) is 0 Å². The van der Waals surface area contributed by atoms with Gasteiger partial charge in [0.2, 0.25) is 0 Å². The molecule has 0 atom stereocenters. The van der Waals surface area contributed by atoms with Crippen LogP contribution in [0.2, 0.25) is 0 Å². The maximum Gasteiger partial charge on any atom is 0.158 e. The fourth-order valence-electron chi connectivity index (χ4n) is 3.35. The number of imidazole rings is 1. The highest BCUT2D eigenvalue weighted by Gasteiger charge is 2.25. The van der Waals surface area contributed by atoms with Gasteiger partial charge in [-0.2, -0.15) is 5.10 Å². The Kier molecular flexibility index (Phi) is 7.71. The van der Waals surface area contributed by atoms with Crippen LogP contribution < -0.4 is 0 Å². The van der Waals surface area contributed by atoms with Crippen molar-refractivity contribution in [1.29, 1.82) is 0 Å². The Morgan fingerprint density at radius 2 is 1.44 bits per heavy atom. The summed E-state index contributed by atoms with van der Waals surface area (Å²) in [4.78, 5) is 21.4. The zero-order valence-corrected chi connectivity index (χ0v) is 20.1. The molecular formula is C26H34N8. The van der Waals surface area contributed by atoms with Gasteiger partial charge in [-0.05, 0) is 60.5 Å². The Bertz CT molecular complexity index is 1390. The van der Waals surface area contributed by atoms with Gasteiger partial charge in [0.15, 0.2) is 5.65 Å². The van der Waals surface area contributed by atoms with Crippen molar-refractivity contribution in [3.63, 3.8) is 0 Å². The van der Waals surface area contributed by atoms with E-state index < -0.39 is 0 Å². The first-order valence-electron chi connectivity index (χ1n) is 11.2. The third-order valence-corrected chi connectivity index (χ3v) is 5.99. The molecule has 0 radical (unpaired) electrons. The van der Waals surface area contributed by atoms with E-state index in [0.29, 0.717) is 0 Å². The van der Waals surface area contributed by atoms with Crippen LogP contribution >= 0.6 is 0 Å². The van der Waals surface area contributed by atoms with E-state index in [-0.39, 0.29) is 7.43 Å². The van der Waals surface area contributed by atoms with Crippen LogP contribution in [0.25, 0.3) is 11.3 Å². The standard InChI is InChI=1S/C9H12N2.2C8H9N3.CH4/c1-6-7(2)11-9(5-10-6)8-3-4-8;1-6-7(2)10-5-11-4-3-9-8(6)11;1-6-7(2)10-11-5-3-4-9-8(6)11;/h5,8H,3-4H2,1-2H3;2*3-5H,1-2H3;1H4. The molecule has 1 saturated carbocycles. The van der Waals surface area contributed by atoms with Crippen molar-refractivity contribution in [3.8, 4) is 0 Å². The molecule has 1 fully saturated rings. The van der Waals surface area contributed by atoms with Crippen LogP contribution in [0.4, 0.5) is 0 Å². The maximum atomic E-state index is 4.47. The van der Waals surface area contributed by atoms with E-state index in [0.717, 1.165) is 51.1 Å². The zero-order valence-electron chi connectivity index (χ0n) is 20.1. The Hall–Kier alpha value is -3.68. The molecule has 0 amide bonds. The van der Waals surface area contributed by atoms with Gasteiger partial charge in [-0.3, -0.25) is 14.4 Å². The van der Waals surface area contributed by atoms with E-state index in [1.165, 1.54) is 18.5 Å². The molecule has 0 unspecified atom stereocenters. The van der Waals surface area contributed by atoms with Crippen molar-refractivity contribution in [2.75, 3.05) is 0 Å². The molecule has 0 N–H and O–H groups in total. The Morgan fingerprint density at radius 1 is 0.735 bits per heavy atom. The number of hydrogen-bond donors (Lipinski definition) is 0. The van der Waals surface area contributed by atoms with Crippen LogP contribution in [0.5, 0.6) is 0 Å². The van der Waals surface area contributed by atoms with Crippen LogP contribution in [0, 0.1) is 41.5 Å². The molecule has 5 aromatic rings. The summed E-state index contributed by atoms with van der Waals surface area (Å²) in [7, 11) is 0. The largest absolute Gasteiger partial charge is 0.290 e. The monoisotopic (exact) mass is 458 g/mol. The number of rotatable bonds is 1. The number of aryl methyl sites for hydroxylation is 6. The lowest BCUT2D eigenvalue weighted by Crippen LogP contribution is -1.95. The molecule has 0 saturated heterocycles. The summed E-state index contributed by atoms with van der Waals surface area (Å²) in [5, 5.41) is 4.27. The van der Waals surface area contributed by atoms with Gasteiger partial charge in [-0.25, -0.2) is 19.5 Å². The van der Waals surface area contributed by atoms with E-state index in [1.54, 1.807) is 23.2 Å². The second-order valence-electron chi connectivity index (χ2n) is 8.45. The first-order valence-corrected chi connectivity index (χ1v) is 11.2. The van der Waals surface area contributed by atoms with E-state index in [9.17, 15) is 0 Å². The number of fused-ring (bicyclic) bond motifs is 2. The summed E-state index contributed by atoms with van der Waals surface area (Å²) >= 11 is 0. The summed E-state index contributed by atoms with van der Waals surface area (Å²) in [6, 6.07) is 1.87. The van der Waals surface area contributed by atoms with Gasteiger partial charge in [0.05, 0.1) is 22.8 Å². The molecule has 1 aliphatic carbocycles. The molecule has 8 heteroatoms. The summed E-state index contributed by atoms with van der Waals surface area (Å²) in [5.41, 5.74) is 9.66. The van der Waals surface area contributed by atoms with Crippen molar-refractivity contribution in [3.05, 3.63) is 83.0 Å². The minimum atomic E-state index is 0. The third kappa shape index (κ3) is 5.44. The highest BCUT2D eigenvalue weighted by molar-refractivity contribution is 5.48. The molecule has 5 aromatic heterocycles. The van der Waals surface area contributed by atoms with Crippen molar-refractivity contribution < 1.29 is 0 Å². The van der Waals surface area contributed by atoms with Crippen LogP contribution in [-0.2, 0) is 0 Å². The van der Waals surface area contributed by atoms with Crippen molar-refractivity contribution in [2.45, 2.75) is 67.7 Å². The number of aromatic nitrogens is 8. The van der Waals surface area contributed by atoms with Gasteiger partial charge in [0.1, 0.15) is 12.0 Å². The molecule has 6 rings (SSSR count). The third-order valence-electron chi connectivity index (χ3n) is 5.99. The van der Waals surface area contributed by atoms with E-state index in [2.05, 4.69) is 30.0 Å². The molecule has 0 aromatic carbocycles. The second-order valence-corrected chi connectivity index (χ2v) is 8.45. The van der Waals surface area contributed by atoms with Crippen LogP contribution in [0.15, 0.2) is 43.4 Å². The lowest BCUT2D eigenvalue weighted by Gasteiger charge is -2.00. The predicted octanol–water partition coefficient (Wildman–Crippen LogP) is 5.30. The van der Waals surface area contributed by atoms with Gasteiger partial charge >= 0.3 is 0 Å². The molecule has 0 bridgehead atoms. The normalized spacial score (nSPS) is 12.4. The van der Waals surface area contributed by atoms with E-state index >= 15 is 0 Å². The molecule has 0 aliphatic heterocycles. The Balaban J connectivity index is 0.000000141. The van der Waals surface area contributed by atoms with Crippen LogP contribution in [-0.4, -0.2) is 38.9 Å². The number of hydrogen-bond acceptors (Lipinski definition) is 6. The molecule has 1 aliphatic rings. The van der Waals surface area contributed by atoms with Crippen LogP contribution in [0.1, 0.15) is 65.8 Å². The first kappa shape index (κ1) is 25.0. The molecule has 178 valence electrons. The fraction of sp³-hybridized carbons (Fsp3) is 0.385. The van der Waals surface area contributed by atoms with Gasteiger partial charge in [-0.15, -0.1) is 0 Å². The Labute approximate surface area is 201 Å². The summed E-state index contributed by atoms with van der Waals surface area (Å²) in [6.45, 7) is 12.1. The molecule has 8 nitrogen and oxygen atoms in total. The predicted molar refractivity (Wildman–Crippen MR) is 135 cm³/mol. The average Bonchev–Trinajstić information content (AvgIpc) is 3.48. The highest BCUT2D eigenvalue weighted by atomic mass is 15.2. The maximum absolute atomic E-state index is 4.47. The summed E-state index contributed by atoms with van der Waals surface area (Å²) < 4.78 is 3.72. The van der Waals surface area contributed by atoms with E-state index in [1.807, 2.05) is 70.6 Å². The fourth-order valence-corrected chi connectivity index (χ4v) is 3.35. The smallest absolute Gasteiger partial charge is 0.158 e. The average molecular weight is 459 g/mol. The van der Waals surface area contributed by atoms with E-state index in [4.69, 9.17) is 0 Å². The van der Waals surface area contributed by atoms with Crippen molar-refractivity contribution in [1.82, 2.24) is 38.9 Å². The second kappa shape index (κ2) is 10.5. The van der Waals surface area contributed by atoms with Gasteiger partial charge in [0, 0.05) is 53.7 Å². The topological polar surface area (TPSA) is 86.2 Å². The minimum Gasteiger partial charge on any atom is -0.290 e. The molecular weight excluding hydrogens is 424 g/mol. The quantitative estimate of drug-likeness (QED) is 0.339. The first-order chi connectivity index (χ1) is 15.8. The SMILES string of the molecule is C.Cc1ncc(C2CC2)nc1C.Cc1ncn2ccnc2c1C.Cc1nn2cccnc2c1C. The minimum absolute atomic E-state index is 0. The van der Waals surface area contributed by atoms with Crippen molar-refractivity contribution in [2.24, 2.45) is 0 Å². The lowest BCUT2D eigenvalue weighted by molar-refractivity contribution is 0.917. The molecule has 5 heterocycles. The molecule has 0 spiro atoms. The summed E-state index contributed by atoms with van der Waals surface area (Å²) in [6.07, 6.45) is 13.7. The molecule has 34 heavy (non-hydrogen) atoms. The van der Waals surface area contributed by atoms with Gasteiger partial charge in [-0.1, -0.05) is 7.43 Å². The highest BCUT2D eigenvalue weighted by Crippen LogP contribution is 2.38. The lowest BCUT2D eigenvalue weighted by atomic mass is 10.3. The van der Waals surface area contributed by atoms with Gasteiger partial charge in [0.25, 0.3) is 0 Å². The van der Waals surface area contributed by atoms with Gasteiger partial charge < -0.3 is 0 Å².